The summed E-state index contributed by atoms with van der Waals surface area (Å²) in [5.41, 5.74) is 0.845. The van der Waals surface area contributed by atoms with Crippen molar-refractivity contribution in [3.05, 3.63) is 28.8 Å². The van der Waals surface area contributed by atoms with Gasteiger partial charge in [-0.2, -0.15) is 0 Å². The van der Waals surface area contributed by atoms with E-state index in [9.17, 15) is 4.79 Å². The Morgan fingerprint density at radius 1 is 1.33 bits per heavy atom. The van der Waals surface area contributed by atoms with Gasteiger partial charge in [-0.15, -0.1) is 0 Å². The Bertz CT molecular complexity index is 482. The van der Waals surface area contributed by atoms with Crippen molar-refractivity contribution >= 4 is 17.5 Å². The Hall–Kier alpha value is -1.26. The highest BCUT2D eigenvalue weighted by atomic mass is 35.5. The van der Waals surface area contributed by atoms with Crippen molar-refractivity contribution in [1.29, 1.82) is 0 Å². The molecule has 0 fully saturated rings. The third kappa shape index (κ3) is 6.82. The Morgan fingerprint density at radius 3 is 2.57 bits per heavy atom. The largest absolute Gasteiger partial charge is 0.483 e. The molecule has 4 nitrogen and oxygen atoms in total. The Kier molecular flexibility index (Phi) is 6.49. The predicted octanol–water partition coefficient (Wildman–Crippen LogP) is 3.13. The van der Waals surface area contributed by atoms with E-state index >= 15 is 0 Å². The third-order valence-corrected chi connectivity index (χ3v) is 3.03. The molecule has 0 spiro atoms. The average Bonchev–Trinajstić information content (AvgIpc) is 2.33. The summed E-state index contributed by atoms with van der Waals surface area (Å²) >= 11 is 6.24. The second-order valence-corrected chi connectivity index (χ2v) is 6.74. The quantitative estimate of drug-likeness (QED) is 0.848. The molecule has 0 bridgehead atoms. The first-order valence-electron chi connectivity index (χ1n) is 7.13. The maximum absolute atomic E-state index is 11.7. The van der Waals surface area contributed by atoms with Crippen LogP contribution in [0.3, 0.4) is 0 Å². The van der Waals surface area contributed by atoms with Crippen molar-refractivity contribution in [3.8, 4) is 5.75 Å². The monoisotopic (exact) mass is 312 g/mol. The minimum absolute atomic E-state index is 0.0129. The third-order valence-electron chi connectivity index (χ3n) is 2.68. The van der Waals surface area contributed by atoms with E-state index in [1.165, 1.54) is 0 Å². The second-order valence-electron chi connectivity index (χ2n) is 6.33. The standard InChI is InChI=1S/C16H25ClN2O2/c1-11(2)19-15(20)10-21-14-8-6-7-13(17)12(14)9-18-16(3,4)5/h6-8,11,18H,9-10H2,1-5H3,(H,19,20). The van der Waals surface area contributed by atoms with Crippen LogP contribution in [0.2, 0.25) is 5.02 Å². The number of halogens is 1. The molecular formula is C16H25ClN2O2. The lowest BCUT2D eigenvalue weighted by Crippen LogP contribution is -2.36. The molecule has 0 radical (unpaired) electrons. The molecule has 1 aromatic carbocycles. The lowest BCUT2D eigenvalue weighted by Gasteiger charge is -2.22. The van der Waals surface area contributed by atoms with Crippen molar-refractivity contribution in [3.63, 3.8) is 0 Å². The van der Waals surface area contributed by atoms with Crippen LogP contribution in [-0.2, 0) is 11.3 Å². The SMILES string of the molecule is CC(C)NC(=O)COc1cccc(Cl)c1CNC(C)(C)C. The van der Waals surface area contributed by atoms with Crippen LogP contribution in [0.25, 0.3) is 0 Å². The van der Waals surface area contributed by atoms with E-state index in [-0.39, 0.29) is 24.1 Å². The summed E-state index contributed by atoms with van der Waals surface area (Å²) in [6, 6.07) is 5.57. The minimum atomic E-state index is -0.139. The fourth-order valence-electron chi connectivity index (χ4n) is 1.71. The summed E-state index contributed by atoms with van der Waals surface area (Å²) in [4.78, 5) is 11.7. The number of rotatable bonds is 6. The molecule has 0 aliphatic carbocycles. The van der Waals surface area contributed by atoms with Crippen LogP contribution in [0.15, 0.2) is 18.2 Å². The van der Waals surface area contributed by atoms with E-state index in [0.29, 0.717) is 17.3 Å². The molecule has 0 aromatic heterocycles. The number of carbonyl (C=O) groups is 1. The van der Waals surface area contributed by atoms with Gasteiger partial charge in [0.05, 0.1) is 0 Å². The molecule has 1 rings (SSSR count). The zero-order chi connectivity index (χ0) is 16.0. The second kappa shape index (κ2) is 7.66. The summed E-state index contributed by atoms with van der Waals surface area (Å²) in [6.45, 7) is 10.7. The summed E-state index contributed by atoms with van der Waals surface area (Å²) in [5.74, 6) is 0.498. The highest BCUT2D eigenvalue weighted by Gasteiger charge is 2.14. The molecule has 21 heavy (non-hydrogen) atoms. The van der Waals surface area contributed by atoms with E-state index in [4.69, 9.17) is 16.3 Å². The van der Waals surface area contributed by atoms with Gasteiger partial charge in [-0.3, -0.25) is 4.79 Å². The number of amides is 1. The highest BCUT2D eigenvalue weighted by Crippen LogP contribution is 2.26. The highest BCUT2D eigenvalue weighted by molar-refractivity contribution is 6.31. The van der Waals surface area contributed by atoms with Crippen LogP contribution < -0.4 is 15.4 Å². The van der Waals surface area contributed by atoms with Crippen LogP contribution in [0.1, 0.15) is 40.2 Å². The van der Waals surface area contributed by atoms with E-state index in [1.54, 1.807) is 0 Å². The normalized spacial score (nSPS) is 11.6. The van der Waals surface area contributed by atoms with Crippen molar-refractivity contribution < 1.29 is 9.53 Å². The molecule has 0 heterocycles. The molecule has 0 saturated heterocycles. The van der Waals surface area contributed by atoms with Crippen molar-refractivity contribution in [1.82, 2.24) is 10.6 Å². The van der Waals surface area contributed by atoms with Crippen molar-refractivity contribution in [2.75, 3.05) is 6.61 Å². The summed E-state index contributed by atoms with van der Waals surface area (Å²) in [5, 5.41) is 6.80. The lowest BCUT2D eigenvalue weighted by molar-refractivity contribution is -0.123. The number of benzene rings is 1. The predicted molar refractivity (Wildman–Crippen MR) is 86.8 cm³/mol. The maximum Gasteiger partial charge on any atom is 0.258 e. The molecule has 0 aliphatic heterocycles. The Balaban J connectivity index is 2.73. The van der Waals surface area contributed by atoms with Gasteiger partial charge in [-0.05, 0) is 46.8 Å². The average molecular weight is 313 g/mol. The van der Waals surface area contributed by atoms with Crippen molar-refractivity contribution in [2.24, 2.45) is 0 Å². The number of hydrogen-bond donors (Lipinski definition) is 2. The molecule has 5 heteroatoms. The minimum Gasteiger partial charge on any atom is -0.483 e. The Labute approximate surface area is 132 Å². The lowest BCUT2D eigenvalue weighted by atomic mass is 10.1. The fraction of sp³-hybridized carbons (Fsp3) is 0.562. The van der Waals surface area contributed by atoms with Gasteiger partial charge in [-0.25, -0.2) is 0 Å². The Morgan fingerprint density at radius 2 is 2.00 bits per heavy atom. The van der Waals surface area contributed by atoms with Gasteiger partial charge in [0.25, 0.3) is 5.91 Å². The molecule has 2 N–H and O–H groups in total. The maximum atomic E-state index is 11.7. The molecule has 1 amide bonds. The first kappa shape index (κ1) is 17.8. The number of ether oxygens (including phenoxy) is 1. The van der Waals surface area contributed by atoms with E-state index in [0.717, 1.165) is 5.56 Å². The van der Waals surface area contributed by atoms with E-state index < -0.39 is 0 Å². The summed E-state index contributed by atoms with van der Waals surface area (Å²) < 4.78 is 5.61. The fourth-order valence-corrected chi connectivity index (χ4v) is 1.94. The number of carbonyl (C=O) groups excluding carboxylic acids is 1. The van der Waals surface area contributed by atoms with Gasteiger partial charge in [0.2, 0.25) is 0 Å². The van der Waals surface area contributed by atoms with Crippen molar-refractivity contribution in [2.45, 2.75) is 52.7 Å². The van der Waals surface area contributed by atoms with Gasteiger partial charge in [0, 0.05) is 28.7 Å². The van der Waals surface area contributed by atoms with Crippen LogP contribution in [0.5, 0.6) is 5.75 Å². The topological polar surface area (TPSA) is 50.4 Å². The van der Waals surface area contributed by atoms with Crippen LogP contribution >= 0.6 is 11.6 Å². The van der Waals surface area contributed by atoms with Gasteiger partial charge in [0.15, 0.2) is 6.61 Å². The molecule has 0 unspecified atom stereocenters. The molecule has 0 saturated carbocycles. The summed E-state index contributed by atoms with van der Waals surface area (Å²) in [6.07, 6.45) is 0. The molecule has 1 aromatic rings. The molecule has 0 atom stereocenters. The van der Waals surface area contributed by atoms with E-state index in [1.807, 2.05) is 32.0 Å². The summed E-state index contributed by atoms with van der Waals surface area (Å²) in [7, 11) is 0. The molecule has 0 aliphatic rings. The van der Waals surface area contributed by atoms with Gasteiger partial charge < -0.3 is 15.4 Å². The zero-order valence-electron chi connectivity index (χ0n) is 13.4. The van der Waals surface area contributed by atoms with Gasteiger partial charge in [-0.1, -0.05) is 17.7 Å². The number of nitrogens with one attached hydrogen (secondary N) is 2. The smallest absolute Gasteiger partial charge is 0.258 e. The molecule has 118 valence electrons. The van der Waals surface area contributed by atoms with Gasteiger partial charge >= 0.3 is 0 Å². The van der Waals surface area contributed by atoms with Crippen LogP contribution in [-0.4, -0.2) is 24.1 Å². The number of hydrogen-bond acceptors (Lipinski definition) is 3. The first-order valence-corrected chi connectivity index (χ1v) is 7.51. The van der Waals surface area contributed by atoms with E-state index in [2.05, 4.69) is 31.4 Å². The van der Waals surface area contributed by atoms with Crippen LogP contribution in [0.4, 0.5) is 0 Å². The molecular weight excluding hydrogens is 288 g/mol. The zero-order valence-corrected chi connectivity index (χ0v) is 14.2. The van der Waals surface area contributed by atoms with Gasteiger partial charge in [0.1, 0.15) is 5.75 Å². The first-order chi connectivity index (χ1) is 9.69. The van der Waals surface area contributed by atoms with Crippen LogP contribution in [0, 0.1) is 0 Å².